The van der Waals surface area contributed by atoms with Gasteiger partial charge < -0.3 is 19.9 Å². The molecule has 2 saturated heterocycles. The van der Waals surface area contributed by atoms with Crippen LogP contribution in [0.3, 0.4) is 0 Å². The van der Waals surface area contributed by atoms with Gasteiger partial charge in [-0.3, -0.25) is 9.59 Å². The normalized spacial score (nSPS) is 19.3. The van der Waals surface area contributed by atoms with E-state index in [0.717, 1.165) is 24.5 Å². The van der Waals surface area contributed by atoms with Crippen LogP contribution in [0.5, 0.6) is 5.75 Å². The van der Waals surface area contributed by atoms with Crippen molar-refractivity contribution >= 4 is 28.9 Å². The van der Waals surface area contributed by atoms with Gasteiger partial charge in [-0.05, 0) is 49.6 Å². The fraction of sp³-hybridized carbons (Fsp3) is 0.391. The lowest BCUT2D eigenvalue weighted by Crippen LogP contribution is -2.30. The molecule has 0 bridgehead atoms. The second kappa shape index (κ2) is 8.55. The van der Waals surface area contributed by atoms with Crippen LogP contribution in [-0.4, -0.2) is 38.6 Å². The summed E-state index contributed by atoms with van der Waals surface area (Å²) in [6, 6.07) is 15.4. The first-order valence-corrected chi connectivity index (χ1v) is 10.2. The van der Waals surface area contributed by atoms with Crippen LogP contribution in [0.4, 0.5) is 17.1 Å². The van der Waals surface area contributed by atoms with Gasteiger partial charge in [-0.25, -0.2) is 0 Å². The van der Waals surface area contributed by atoms with E-state index in [1.807, 2.05) is 48.5 Å². The molecular formula is C23H27N3O3. The number of nitrogens with one attached hydrogen (secondary N) is 1. The predicted octanol–water partition coefficient (Wildman–Crippen LogP) is 3.68. The quantitative estimate of drug-likeness (QED) is 0.842. The van der Waals surface area contributed by atoms with E-state index in [2.05, 4.69) is 10.2 Å². The SMILES string of the molecule is COc1ccc(N2CCCCC2)cc1NC(=O)C1CC(=O)N(c2ccccc2)C1. The summed E-state index contributed by atoms with van der Waals surface area (Å²) in [5.41, 5.74) is 2.58. The summed E-state index contributed by atoms with van der Waals surface area (Å²) in [4.78, 5) is 29.4. The molecule has 29 heavy (non-hydrogen) atoms. The van der Waals surface area contributed by atoms with E-state index in [1.165, 1.54) is 19.3 Å². The van der Waals surface area contributed by atoms with Crippen molar-refractivity contribution in [3.63, 3.8) is 0 Å². The van der Waals surface area contributed by atoms with Crippen LogP contribution in [0.25, 0.3) is 0 Å². The molecule has 1 atom stereocenters. The highest BCUT2D eigenvalue weighted by Crippen LogP contribution is 2.32. The average Bonchev–Trinajstić information content (AvgIpc) is 3.17. The Morgan fingerprint density at radius 3 is 2.52 bits per heavy atom. The molecule has 4 rings (SSSR count). The van der Waals surface area contributed by atoms with Crippen LogP contribution >= 0.6 is 0 Å². The largest absolute Gasteiger partial charge is 0.495 e. The monoisotopic (exact) mass is 393 g/mol. The Morgan fingerprint density at radius 1 is 1.03 bits per heavy atom. The molecule has 2 aliphatic heterocycles. The zero-order valence-corrected chi connectivity index (χ0v) is 16.8. The van der Waals surface area contributed by atoms with Crippen molar-refractivity contribution in [2.45, 2.75) is 25.7 Å². The molecule has 2 fully saturated rings. The Bertz CT molecular complexity index is 878. The standard InChI is InChI=1S/C23H27N3O3/c1-29-21-11-10-19(25-12-6-3-7-13-25)15-20(21)24-23(28)17-14-22(27)26(16-17)18-8-4-2-5-9-18/h2,4-5,8-11,15,17H,3,6-7,12-14,16H2,1H3,(H,24,28). The summed E-state index contributed by atoms with van der Waals surface area (Å²) in [6.45, 7) is 2.45. The van der Waals surface area contributed by atoms with Gasteiger partial charge in [0.2, 0.25) is 11.8 Å². The number of hydrogen-bond donors (Lipinski definition) is 1. The van der Waals surface area contributed by atoms with Gasteiger partial charge >= 0.3 is 0 Å². The highest BCUT2D eigenvalue weighted by atomic mass is 16.5. The van der Waals surface area contributed by atoms with Crippen molar-refractivity contribution in [3.05, 3.63) is 48.5 Å². The number of nitrogens with zero attached hydrogens (tertiary/aromatic N) is 2. The Morgan fingerprint density at radius 2 is 1.79 bits per heavy atom. The van der Waals surface area contributed by atoms with Gasteiger partial charge in [0.25, 0.3) is 0 Å². The number of amides is 2. The lowest BCUT2D eigenvalue weighted by Gasteiger charge is -2.29. The van der Waals surface area contributed by atoms with Crippen LogP contribution < -0.4 is 19.9 Å². The highest BCUT2D eigenvalue weighted by Gasteiger charge is 2.35. The number of rotatable bonds is 5. The molecule has 1 unspecified atom stereocenters. The molecule has 2 aromatic carbocycles. The molecule has 0 spiro atoms. The number of piperidine rings is 1. The van der Waals surface area contributed by atoms with Gasteiger partial charge in [0.1, 0.15) is 5.75 Å². The van der Waals surface area contributed by atoms with Gasteiger partial charge in [-0.15, -0.1) is 0 Å². The summed E-state index contributed by atoms with van der Waals surface area (Å²) in [6.07, 6.45) is 3.86. The van der Waals surface area contributed by atoms with Crippen molar-refractivity contribution in [1.82, 2.24) is 0 Å². The van der Waals surface area contributed by atoms with Gasteiger partial charge in [-0.1, -0.05) is 18.2 Å². The molecule has 1 N–H and O–H groups in total. The molecule has 6 heteroatoms. The van der Waals surface area contributed by atoms with E-state index in [1.54, 1.807) is 12.0 Å². The first-order chi connectivity index (χ1) is 14.2. The second-order valence-corrected chi connectivity index (χ2v) is 7.66. The van der Waals surface area contributed by atoms with Crippen molar-refractivity contribution in [2.24, 2.45) is 5.92 Å². The minimum absolute atomic E-state index is 0.0228. The van der Waals surface area contributed by atoms with Crippen LogP contribution in [0.15, 0.2) is 48.5 Å². The van der Waals surface area contributed by atoms with Gasteiger partial charge in [0, 0.05) is 37.4 Å². The van der Waals surface area contributed by atoms with E-state index in [-0.39, 0.29) is 24.2 Å². The third-order valence-corrected chi connectivity index (χ3v) is 5.73. The van der Waals surface area contributed by atoms with Gasteiger partial charge in [0.15, 0.2) is 0 Å². The number of benzene rings is 2. The molecule has 6 nitrogen and oxygen atoms in total. The summed E-state index contributed by atoms with van der Waals surface area (Å²) >= 11 is 0. The van der Waals surface area contributed by atoms with E-state index in [9.17, 15) is 9.59 Å². The smallest absolute Gasteiger partial charge is 0.229 e. The maximum absolute atomic E-state index is 12.9. The summed E-state index contributed by atoms with van der Waals surface area (Å²) in [5, 5.41) is 3.01. The Hall–Kier alpha value is -3.02. The molecule has 152 valence electrons. The maximum Gasteiger partial charge on any atom is 0.229 e. The molecule has 0 aliphatic carbocycles. The zero-order valence-electron chi connectivity index (χ0n) is 16.8. The third kappa shape index (κ3) is 4.21. The average molecular weight is 393 g/mol. The zero-order chi connectivity index (χ0) is 20.2. The fourth-order valence-corrected chi connectivity index (χ4v) is 4.12. The summed E-state index contributed by atoms with van der Waals surface area (Å²) < 4.78 is 5.45. The van der Waals surface area contributed by atoms with E-state index in [4.69, 9.17) is 4.74 Å². The number of carbonyl (C=O) groups is 2. The van der Waals surface area contributed by atoms with Crippen molar-refractivity contribution in [3.8, 4) is 5.75 Å². The number of hydrogen-bond acceptors (Lipinski definition) is 4. The number of anilines is 3. The summed E-state index contributed by atoms with van der Waals surface area (Å²) in [7, 11) is 1.60. The minimum Gasteiger partial charge on any atom is -0.495 e. The second-order valence-electron chi connectivity index (χ2n) is 7.66. The number of methoxy groups -OCH3 is 1. The Labute approximate surface area is 171 Å². The highest BCUT2D eigenvalue weighted by molar-refractivity contribution is 6.04. The molecule has 0 saturated carbocycles. The van der Waals surface area contributed by atoms with Crippen LogP contribution in [0, 0.1) is 5.92 Å². The number of ether oxygens (including phenoxy) is 1. The fourth-order valence-electron chi connectivity index (χ4n) is 4.12. The lowest BCUT2D eigenvalue weighted by molar-refractivity contribution is -0.122. The number of carbonyl (C=O) groups excluding carboxylic acids is 2. The Balaban J connectivity index is 1.48. The van der Waals surface area contributed by atoms with Crippen molar-refractivity contribution in [1.29, 1.82) is 0 Å². The lowest BCUT2D eigenvalue weighted by atomic mass is 10.1. The van der Waals surface area contributed by atoms with E-state index >= 15 is 0 Å². The van der Waals surface area contributed by atoms with Gasteiger partial charge in [0.05, 0.1) is 18.7 Å². The van der Waals surface area contributed by atoms with Crippen LogP contribution in [-0.2, 0) is 9.59 Å². The van der Waals surface area contributed by atoms with Crippen LogP contribution in [0.2, 0.25) is 0 Å². The molecule has 0 radical (unpaired) electrons. The van der Waals surface area contributed by atoms with E-state index in [0.29, 0.717) is 18.0 Å². The minimum atomic E-state index is -0.383. The van der Waals surface area contributed by atoms with Gasteiger partial charge in [-0.2, -0.15) is 0 Å². The van der Waals surface area contributed by atoms with Crippen molar-refractivity contribution in [2.75, 3.05) is 41.9 Å². The first kappa shape index (κ1) is 19.3. The molecular weight excluding hydrogens is 366 g/mol. The molecule has 0 aromatic heterocycles. The van der Waals surface area contributed by atoms with Crippen LogP contribution in [0.1, 0.15) is 25.7 Å². The topological polar surface area (TPSA) is 61.9 Å². The predicted molar refractivity (Wildman–Crippen MR) is 115 cm³/mol. The summed E-state index contributed by atoms with van der Waals surface area (Å²) in [5.74, 6) is 0.0747. The molecule has 2 heterocycles. The first-order valence-electron chi connectivity index (χ1n) is 10.2. The van der Waals surface area contributed by atoms with E-state index < -0.39 is 0 Å². The molecule has 2 amide bonds. The van der Waals surface area contributed by atoms with Crippen molar-refractivity contribution < 1.29 is 14.3 Å². The number of para-hydroxylation sites is 1. The molecule has 2 aromatic rings. The maximum atomic E-state index is 12.9. The molecule has 2 aliphatic rings. The third-order valence-electron chi connectivity index (χ3n) is 5.73. The Kier molecular flexibility index (Phi) is 5.69.